The van der Waals surface area contributed by atoms with Gasteiger partial charge in [-0.3, -0.25) is 9.78 Å². The number of nitrogens with zero attached hydrogens (tertiary/aromatic N) is 3. The largest absolute Gasteiger partial charge is 0.312 e. The molecule has 2 heterocycles. The van der Waals surface area contributed by atoms with Gasteiger partial charge in [0.15, 0.2) is 11.6 Å². The lowest BCUT2D eigenvalue weighted by atomic mass is 10.2. The first-order chi connectivity index (χ1) is 12.1. The molecule has 0 N–H and O–H groups in total. The zero-order valence-electron chi connectivity index (χ0n) is 13.4. The van der Waals surface area contributed by atoms with Crippen molar-refractivity contribution in [1.29, 1.82) is 0 Å². The number of thiazole rings is 1. The molecule has 0 saturated carbocycles. The minimum atomic E-state index is -0.976. The highest BCUT2D eigenvalue weighted by Crippen LogP contribution is 2.24. The van der Waals surface area contributed by atoms with Crippen LogP contribution in [0.4, 0.5) is 14.5 Å². The lowest BCUT2D eigenvalue weighted by Gasteiger charge is -2.20. The quantitative estimate of drug-likeness (QED) is 0.690. The Bertz CT molecular complexity index is 883. The average molecular weight is 359 g/mol. The first kappa shape index (κ1) is 17.2. The van der Waals surface area contributed by atoms with Gasteiger partial charge in [-0.15, -0.1) is 11.3 Å². The van der Waals surface area contributed by atoms with E-state index >= 15 is 0 Å². The number of benzene rings is 1. The van der Waals surface area contributed by atoms with E-state index in [1.807, 2.05) is 17.5 Å². The van der Waals surface area contributed by atoms with Crippen molar-refractivity contribution >= 4 is 22.9 Å². The topological polar surface area (TPSA) is 46.1 Å². The minimum absolute atomic E-state index is 0.0869. The van der Waals surface area contributed by atoms with Gasteiger partial charge < -0.3 is 4.90 Å². The van der Waals surface area contributed by atoms with Crippen LogP contribution < -0.4 is 4.90 Å². The summed E-state index contributed by atoms with van der Waals surface area (Å²) in [5, 5.41) is 2.60. The highest BCUT2D eigenvalue weighted by Gasteiger charge is 2.18. The fourth-order valence-corrected chi connectivity index (χ4v) is 3.23. The summed E-state index contributed by atoms with van der Waals surface area (Å²) in [6, 6.07) is 7.16. The van der Waals surface area contributed by atoms with E-state index < -0.39 is 11.6 Å². The van der Waals surface area contributed by atoms with Crippen molar-refractivity contribution in [1.82, 2.24) is 9.97 Å². The maximum atomic E-state index is 13.4. The summed E-state index contributed by atoms with van der Waals surface area (Å²) in [5.41, 5.74) is 1.85. The lowest BCUT2D eigenvalue weighted by Crippen LogP contribution is -2.32. The fourth-order valence-electron chi connectivity index (χ4n) is 2.42. The molecule has 7 heteroatoms. The number of hydrogen-bond acceptors (Lipinski definition) is 4. The minimum Gasteiger partial charge on any atom is -0.312 e. The Labute approximate surface area is 147 Å². The van der Waals surface area contributed by atoms with Crippen molar-refractivity contribution in [2.24, 2.45) is 0 Å². The number of likely N-dealkylation sites (N-methyl/N-ethyl adjacent to an activating group) is 1. The van der Waals surface area contributed by atoms with Gasteiger partial charge >= 0.3 is 0 Å². The van der Waals surface area contributed by atoms with Crippen molar-refractivity contribution in [2.75, 3.05) is 11.4 Å². The molecule has 0 saturated heterocycles. The maximum absolute atomic E-state index is 13.4. The van der Waals surface area contributed by atoms with Gasteiger partial charge in [0.25, 0.3) is 0 Å². The molecule has 25 heavy (non-hydrogen) atoms. The van der Waals surface area contributed by atoms with Crippen LogP contribution in [0, 0.1) is 11.6 Å². The van der Waals surface area contributed by atoms with Gasteiger partial charge in [0, 0.05) is 41.6 Å². The van der Waals surface area contributed by atoms with Gasteiger partial charge in [-0.25, -0.2) is 13.8 Å². The molecule has 0 atom stereocenters. The van der Waals surface area contributed by atoms with E-state index in [9.17, 15) is 13.6 Å². The third-order valence-electron chi connectivity index (χ3n) is 3.62. The number of pyridine rings is 1. The van der Waals surface area contributed by atoms with E-state index in [0.29, 0.717) is 17.9 Å². The second-order valence-corrected chi connectivity index (χ2v) is 6.16. The molecular formula is C18H15F2N3OS. The first-order valence-electron chi connectivity index (χ1n) is 7.68. The van der Waals surface area contributed by atoms with Gasteiger partial charge in [0.1, 0.15) is 5.01 Å². The van der Waals surface area contributed by atoms with E-state index in [0.717, 1.165) is 22.7 Å². The van der Waals surface area contributed by atoms with Gasteiger partial charge in [-0.05, 0) is 31.2 Å². The molecular weight excluding hydrogens is 344 g/mol. The molecule has 0 fully saturated rings. The molecule has 0 aliphatic rings. The first-order valence-corrected chi connectivity index (χ1v) is 8.56. The summed E-state index contributed by atoms with van der Waals surface area (Å²) in [5.74, 6) is -2.14. The molecule has 128 valence electrons. The van der Waals surface area contributed by atoms with Crippen LogP contribution in [-0.4, -0.2) is 22.4 Å². The molecule has 0 aliphatic heterocycles. The SMILES string of the molecule is CCN(C(=O)Cc1csc(-c2cccnc2)n1)c1ccc(F)c(F)c1. The van der Waals surface area contributed by atoms with Crippen LogP contribution in [0.15, 0.2) is 48.1 Å². The Morgan fingerprint density at radius 1 is 1.24 bits per heavy atom. The van der Waals surface area contributed by atoms with Crippen LogP contribution in [-0.2, 0) is 11.2 Å². The van der Waals surface area contributed by atoms with Gasteiger partial charge in [-0.1, -0.05) is 0 Å². The van der Waals surface area contributed by atoms with Crippen molar-refractivity contribution in [2.45, 2.75) is 13.3 Å². The Kier molecular flexibility index (Phi) is 5.14. The van der Waals surface area contributed by atoms with Crippen LogP contribution in [0.25, 0.3) is 10.6 Å². The molecule has 0 aliphatic carbocycles. The third kappa shape index (κ3) is 3.88. The van der Waals surface area contributed by atoms with Crippen LogP contribution in [0.1, 0.15) is 12.6 Å². The Balaban J connectivity index is 1.76. The van der Waals surface area contributed by atoms with Crippen LogP contribution in [0.5, 0.6) is 0 Å². The number of anilines is 1. The summed E-state index contributed by atoms with van der Waals surface area (Å²) in [6.45, 7) is 2.13. The summed E-state index contributed by atoms with van der Waals surface area (Å²) in [7, 11) is 0. The van der Waals surface area contributed by atoms with Gasteiger partial charge in [0.05, 0.1) is 12.1 Å². The predicted octanol–water partition coefficient (Wildman–Crippen LogP) is 4.08. The van der Waals surface area contributed by atoms with Crippen molar-refractivity contribution in [3.05, 3.63) is 65.4 Å². The standard InChI is InChI=1S/C18H15F2N3OS/c1-2-23(14-5-6-15(19)16(20)9-14)17(24)8-13-11-25-18(22-13)12-4-3-7-21-10-12/h3-7,9-11H,2,8H2,1H3. The van der Waals surface area contributed by atoms with E-state index in [1.54, 1.807) is 19.3 Å². The zero-order chi connectivity index (χ0) is 17.8. The molecule has 0 radical (unpaired) electrons. The maximum Gasteiger partial charge on any atom is 0.233 e. The van der Waals surface area contributed by atoms with Crippen molar-refractivity contribution in [3.63, 3.8) is 0 Å². The van der Waals surface area contributed by atoms with E-state index in [2.05, 4.69) is 9.97 Å². The Morgan fingerprint density at radius 2 is 2.08 bits per heavy atom. The third-order valence-corrected chi connectivity index (χ3v) is 4.56. The van der Waals surface area contributed by atoms with Crippen molar-refractivity contribution < 1.29 is 13.6 Å². The number of carbonyl (C=O) groups is 1. The van der Waals surface area contributed by atoms with E-state index in [4.69, 9.17) is 0 Å². The molecule has 0 unspecified atom stereocenters. The molecule has 3 aromatic rings. The summed E-state index contributed by atoms with van der Waals surface area (Å²) in [4.78, 5) is 22.5. The van der Waals surface area contributed by atoms with Gasteiger partial charge in [0.2, 0.25) is 5.91 Å². The molecule has 2 aromatic heterocycles. The smallest absolute Gasteiger partial charge is 0.233 e. The number of halogens is 2. The van der Waals surface area contributed by atoms with E-state index in [1.165, 1.54) is 22.3 Å². The number of rotatable bonds is 5. The molecule has 1 amide bonds. The predicted molar refractivity (Wildman–Crippen MR) is 93.4 cm³/mol. The summed E-state index contributed by atoms with van der Waals surface area (Å²) >= 11 is 1.43. The van der Waals surface area contributed by atoms with E-state index in [-0.39, 0.29) is 12.3 Å². The summed E-state index contributed by atoms with van der Waals surface area (Å²) in [6.07, 6.45) is 3.48. The number of hydrogen-bond donors (Lipinski definition) is 0. The second kappa shape index (κ2) is 7.48. The highest BCUT2D eigenvalue weighted by molar-refractivity contribution is 7.13. The monoisotopic (exact) mass is 359 g/mol. The number of carbonyl (C=O) groups excluding carboxylic acids is 1. The van der Waals surface area contributed by atoms with Crippen LogP contribution in [0.2, 0.25) is 0 Å². The van der Waals surface area contributed by atoms with Gasteiger partial charge in [-0.2, -0.15) is 0 Å². The second-order valence-electron chi connectivity index (χ2n) is 5.30. The summed E-state index contributed by atoms with van der Waals surface area (Å²) < 4.78 is 26.5. The van der Waals surface area contributed by atoms with Crippen molar-refractivity contribution in [3.8, 4) is 10.6 Å². The fraction of sp³-hybridized carbons (Fsp3) is 0.167. The van der Waals surface area contributed by atoms with Crippen LogP contribution >= 0.6 is 11.3 Å². The average Bonchev–Trinajstić information content (AvgIpc) is 3.08. The normalized spacial score (nSPS) is 10.7. The zero-order valence-corrected chi connectivity index (χ0v) is 14.3. The number of aromatic nitrogens is 2. The Hall–Kier alpha value is -2.67. The molecule has 0 spiro atoms. The van der Waals surface area contributed by atoms with Crippen LogP contribution in [0.3, 0.4) is 0 Å². The number of amides is 1. The Morgan fingerprint density at radius 3 is 2.76 bits per heavy atom. The molecule has 0 bridgehead atoms. The lowest BCUT2D eigenvalue weighted by molar-refractivity contribution is -0.118. The molecule has 4 nitrogen and oxygen atoms in total. The molecule has 3 rings (SSSR count). The molecule has 1 aromatic carbocycles. The highest BCUT2D eigenvalue weighted by atomic mass is 32.1.